The first-order valence-corrected chi connectivity index (χ1v) is 8.21. The van der Waals surface area contributed by atoms with E-state index < -0.39 is 0 Å². The minimum absolute atomic E-state index is 0.113. The van der Waals surface area contributed by atoms with Gasteiger partial charge >= 0.3 is 0 Å². The van der Waals surface area contributed by atoms with Crippen molar-refractivity contribution < 1.29 is 4.84 Å². The number of nitrogens with zero attached hydrogens (tertiary/aromatic N) is 1. The van der Waals surface area contributed by atoms with Crippen LogP contribution < -0.4 is 0 Å². The Labute approximate surface area is 142 Å². The molecule has 0 saturated carbocycles. The third-order valence-electron chi connectivity index (χ3n) is 4.22. The van der Waals surface area contributed by atoms with Crippen molar-refractivity contribution >= 4 is 5.76 Å². The summed E-state index contributed by atoms with van der Waals surface area (Å²) in [4.78, 5) is 6.21. The molecular formula is C22H19NO. The molecule has 0 aromatic heterocycles. The molecular weight excluding hydrogens is 294 g/mol. The van der Waals surface area contributed by atoms with Crippen LogP contribution in [0.2, 0.25) is 0 Å². The van der Waals surface area contributed by atoms with Gasteiger partial charge in [0.2, 0.25) is 0 Å². The average molecular weight is 313 g/mol. The second kappa shape index (κ2) is 6.73. The summed E-state index contributed by atoms with van der Waals surface area (Å²) in [5.74, 6) is 0.917. The average Bonchev–Trinajstić information content (AvgIpc) is 3.08. The lowest BCUT2D eigenvalue weighted by atomic mass is 10.0. The van der Waals surface area contributed by atoms with Crippen LogP contribution in [0.3, 0.4) is 0 Å². The topological polar surface area (TPSA) is 12.5 Å². The Morgan fingerprint density at radius 2 is 1.29 bits per heavy atom. The molecule has 0 fully saturated rings. The minimum Gasteiger partial charge on any atom is -0.404 e. The van der Waals surface area contributed by atoms with Gasteiger partial charge in [-0.15, -0.1) is 5.06 Å². The molecule has 1 atom stereocenters. The van der Waals surface area contributed by atoms with Crippen LogP contribution >= 0.6 is 0 Å². The number of hydrogen-bond acceptors (Lipinski definition) is 2. The molecule has 0 bridgehead atoms. The van der Waals surface area contributed by atoms with Crippen LogP contribution in [0, 0.1) is 0 Å². The molecule has 1 heterocycles. The molecule has 1 aliphatic heterocycles. The van der Waals surface area contributed by atoms with E-state index in [1.807, 2.05) is 35.4 Å². The van der Waals surface area contributed by atoms with E-state index in [0.717, 1.165) is 17.9 Å². The normalized spacial score (nSPS) is 17.3. The van der Waals surface area contributed by atoms with E-state index >= 15 is 0 Å². The maximum Gasteiger partial charge on any atom is 0.152 e. The van der Waals surface area contributed by atoms with Crippen LogP contribution in [0.1, 0.15) is 22.7 Å². The molecule has 118 valence electrons. The minimum atomic E-state index is 0.113. The molecule has 4 rings (SSSR count). The maximum absolute atomic E-state index is 6.21. The van der Waals surface area contributed by atoms with Gasteiger partial charge in [0.15, 0.2) is 5.76 Å². The van der Waals surface area contributed by atoms with E-state index in [1.54, 1.807) is 0 Å². The Morgan fingerprint density at radius 1 is 0.708 bits per heavy atom. The standard InChI is InChI=1S/C22H19NO/c1-4-10-18(11-5-1)17-23-21(19-12-6-2-7-13-19)16-22(24-23)20-14-8-3-9-15-20/h1-16,21H,17H2/t21-/m0/s1. The number of benzene rings is 3. The first kappa shape index (κ1) is 14.7. The van der Waals surface area contributed by atoms with Crippen LogP contribution in [-0.4, -0.2) is 5.06 Å². The molecule has 0 saturated heterocycles. The van der Waals surface area contributed by atoms with E-state index in [-0.39, 0.29) is 6.04 Å². The van der Waals surface area contributed by atoms with Crippen LogP contribution in [0.5, 0.6) is 0 Å². The van der Waals surface area contributed by atoms with Gasteiger partial charge in [-0.3, -0.25) is 0 Å². The highest BCUT2D eigenvalue weighted by molar-refractivity contribution is 5.62. The molecule has 0 N–H and O–H groups in total. The highest BCUT2D eigenvalue weighted by atomic mass is 16.7. The van der Waals surface area contributed by atoms with Crippen LogP contribution in [0.25, 0.3) is 5.76 Å². The molecule has 0 spiro atoms. The lowest BCUT2D eigenvalue weighted by Gasteiger charge is -2.23. The molecule has 0 amide bonds. The zero-order valence-corrected chi connectivity index (χ0v) is 13.4. The summed E-state index contributed by atoms with van der Waals surface area (Å²) in [6, 6.07) is 31.3. The van der Waals surface area contributed by atoms with Crippen LogP contribution in [0.4, 0.5) is 0 Å². The van der Waals surface area contributed by atoms with Gasteiger partial charge in [-0.1, -0.05) is 91.0 Å². The molecule has 1 aliphatic rings. The van der Waals surface area contributed by atoms with E-state index in [2.05, 4.69) is 66.7 Å². The van der Waals surface area contributed by atoms with Crippen molar-refractivity contribution in [3.63, 3.8) is 0 Å². The summed E-state index contributed by atoms with van der Waals surface area (Å²) in [5.41, 5.74) is 3.58. The Hall–Kier alpha value is -2.84. The third-order valence-corrected chi connectivity index (χ3v) is 4.22. The fourth-order valence-electron chi connectivity index (χ4n) is 3.00. The Kier molecular flexibility index (Phi) is 4.13. The zero-order valence-electron chi connectivity index (χ0n) is 13.4. The van der Waals surface area contributed by atoms with Gasteiger partial charge in [0, 0.05) is 5.56 Å². The van der Waals surface area contributed by atoms with Gasteiger partial charge < -0.3 is 4.84 Å². The Bertz CT molecular complexity index is 812. The van der Waals surface area contributed by atoms with Crippen molar-refractivity contribution in [1.29, 1.82) is 0 Å². The van der Waals surface area contributed by atoms with Crippen molar-refractivity contribution in [2.45, 2.75) is 12.6 Å². The smallest absolute Gasteiger partial charge is 0.152 e. The third kappa shape index (κ3) is 3.10. The van der Waals surface area contributed by atoms with Gasteiger partial charge in [-0.25, -0.2) is 0 Å². The first-order chi connectivity index (χ1) is 11.9. The van der Waals surface area contributed by atoms with Crippen molar-refractivity contribution in [1.82, 2.24) is 5.06 Å². The molecule has 0 radical (unpaired) electrons. The van der Waals surface area contributed by atoms with Gasteiger partial charge in [0.1, 0.15) is 0 Å². The van der Waals surface area contributed by atoms with Crippen LogP contribution in [0.15, 0.2) is 97.1 Å². The second-order valence-electron chi connectivity index (χ2n) is 5.90. The van der Waals surface area contributed by atoms with Gasteiger partial charge in [0.25, 0.3) is 0 Å². The van der Waals surface area contributed by atoms with Crippen molar-refractivity contribution in [3.05, 3.63) is 114 Å². The quantitative estimate of drug-likeness (QED) is 0.655. The van der Waals surface area contributed by atoms with Gasteiger partial charge in [0.05, 0.1) is 12.6 Å². The lowest BCUT2D eigenvalue weighted by Crippen LogP contribution is -2.22. The maximum atomic E-state index is 6.21. The molecule has 0 unspecified atom stereocenters. The molecule has 2 nitrogen and oxygen atoms in total. The largest absolute Gasteiger partial charge is 0.404 e. The summed E-state index contributed by atoms with van der Waals surface area (Å²) in [6.07, 6.45) is 2.20. The molecule has 3 aromatic rings. The monoisotopic (exact) mass is 313 g/mol. The second-order valence-corrected chi connectivity index (χ2v) is 5.90. The molecule has 24 heavy (non-hydrogen) atoms. The predicted octanol–water partition coefficient (Wildman–Crippen LogP) is 5.22. The Balaban J connectivity index is 1.66. The molecule has 2 heteroatoms. The highest BCUT2D eigenvalue weighted by Crippen LogP contribution is 2.36. The fraction of sp³-hybridized carbons (Fsp3) is 0.0909. The fourth-order valence-corrected chi connectivity index (χ4v) is 3.00. The number of rotatable bonds is 4. The predicted molar refractivity (Wildman–Crippen MR) is 96.7 cm³/mol. The van der Waals surface area contributed by atoms with Gasteiger partial charge in [-0.05, 0) is 17.2 Å². The van der Waals surface area contributed by atoms with E-state index in [1.165, 1.54) is 11.1 Å². The number of hydrogen-bond donors (Lipinski definition) is 0. The van der Waals surface area contributed by atoms with Crippen molar-refractivity contribution in [3.8, 4) is 0 Å². The van der Waals surface area contributed by atoms with E-state index in [4.69, 9.17) is 4.84 Å². The summed E-state index contributed by atoms with van der Waals surface area (Å²) in [5, 5.41) is 2.05. The SMILES string of the molecule is C1=C(c2ccccc2)ON(Cc2ccccc2)[C@@H]1c1ccccc1. The highest BCUT2D eigenvalue weighted by Gasteiger charge is 2.29. The first-order valence-electron chi connectivity index (χ1n) is 8.21. The number of hydroxylamine groups is 2. The van der Waals surface area contributed by atoms with E-state index in [9.17, 15) is 0 Å². The molecule has 0 aliphatic carbocycles. The van der Waals surface area contributed by atoms with Crippen molar-refractivity contribution in [2.24, 2.45) is 0 Å². The summed E-state index contributed by atoms with van der Waals surface area (Å²) in [7, 11) is 0. The van der Waals surface area contributed by atoms with Crippen molar-refractivity contribution in [2.75, 3.05) is 0 Å². The molecule has 3 aromatic carbocycles. The lowest BCUT2D eigenvalue weighted by molar-refractivity contribution is -0.101. The summed E-state index contributed by atoms with van der Waals surface area (Å²) >= 11 is 0. The summed E-state index contributed by atoms with van der Waals surface area (Å²) in [6.45, 7) is 0.743. The van der Waals surface area contributed by atoms with Crippen LogP contribution in [-0.2, 0) is 11.4 Å². The summed E-state index contributed by atoms with van der Waals surface area (Å²) < 4.78 is 0. The van der Waals surface area contributed by atoms with Gasteiger partial charge in [-0.2, -0.15) is 0 Å². The Morgan fingerprint density at radius 3 is 1.96 bits per heavy atom. The van der Waals surface area contributed by atoms with E-state index in [0.29, 0.717) is 0 Å². The zero-order chi connectivity index (χ0) is 16.2.